The maximum absolute atomic E-state index is 12.4. The number of nitrogens with one attached hydrogen (secondary N) is 1. The third-order valence-electron chi connectivity index (χ3n) is 4.68. The number of carbonyl (C=O) groups excluding carboxylic acids is 1. The highest BCUT2D eigenvalue weighted by atomic mass is 35.5. The normalized spacial score (nSPS) is 17.2. The topological polar surface area (TPSA) is 71.3 Å². The maximum atomic E-state index is 12.4. The van der Waals surface area contributed by atoms with Crippen LogP contribution in [0.5, 0.6) is 0 Å². The predicted octanol–water partition coefficient (Wildman–Crippen LogP) is 3.03. The number of hydrogen-bond donors (Lipinski definition) is 1. The van der Waals surface area contributed by atoms with Gasteiger partial charge in [-0.05, 0) is 18.4 Å². The summed E-state index contributed by atoms with van der Waals surface area (Å²) in [6.07, 6.45) is 0.880. The highest BCUT2D eigenvalue weighted by molar-refractivity contribution is 5.85. The van der Waals surface area contributed by atoms with Crippen LogP contribution < -0.4 is 5.32 Å². The first-order valence-corrected chi connectivity index (χ1v) is 8.97. The molecule has 0 aliphatic carbocycles. The van der Waals surface area contributed by atoms with Gasteiger partial charge < -0.3 is 14.7 Å². The van der Waals surface area contributed by atoms with Crippen LogP contribution in [0.1, 0.15) is 44.6 Å². The van der Waals surface area contributed by atoms with Crippen molar-refractivity contribution in [2.75, 3.05) is 19.6 Å². The van der Waals surface area contributed by atoms with Crippen LogP contribution in [0.2, 0.25) is 0 Å². The third-order valence-corrected chi connectivity index (χ3v) is 4.68. The number of benzene rings is 1. The molecule has 1 atom stereocenters. The van der Waals surface area contributed by atoms with Crippen LogP contribution in [0.4, 0.5) is 0 Å². The second-order valence-corrected chi connectivity index (χ2v) is 6.93. The van der Waals surface area contributed by atoms with Gasteiger partial charge in [0, 0.05) is 44.1 Å². The van der Waals surface area contributed by atoms with Crippen molar-refractivity contribution in [1.82, 2.24) is 20.4 Å². The molecule has 1 aromatic carbocycles. The van der Waals surface area contributed by atoms with E-state index in [4.69, 9.17) is 4.52 Å². The molecule has 3 rings (SSSR count). The Morgan fingerprint density at radius 3 is 2.73 bits per heavy atom. The third kappa shape index (κ3) is 4.83. The Hall–Kier alpha value is -1.92. The van der Waals surface area contributed by atoms with E-state index in [0.717, 1.165) is 25.2 Å². The fourth-order valence-corrected chi connectivity index (χ4v) is 3.06. The zero-order valence-corrected chi connectivity index (χ0v) is 16.4. The predicted molar refractivity (Wildman–Crippen MR) is 103 cm³/mol. The van der Waals surface area contributed by atoms with Crippen LogP contribution in [-0.2, 0) is 11.2 Å². The summed E-state index contributed by atoms with van der Waals surface area (Å²) in [4.78, 5) is 18.7. The van der Waals surface area contributed by atoms with Gasteiger partial charge in [-0.25, -0.2) is 0 Å². The molecular weight excluding hydrogens is 352 g/mol. The van der Waals surface area contributed by atoms with Crippen molar-refractivity contribution in [3.8, 4) is 11.4 Å². The molecule has 0 spiro atoms. The molecule has 1 fully saturated rings. The van der Waals surface area contributed by atoms with Gasteiger partial charge in [-0.2, -0.15) is 4.98 Å². The van der Waals surface area contributed by atoms with Gasteiger partial charge in [-0.15, -0.1) is 12.4 Å². The summed E-state index contributed by atoms with van der Waals surface area (Å²) in [5.74, 6) is 1.73. The molecular formula is C19H27ClN4O2. The molecule has 6 nitrogen and oxygen atoms in total. The van der Waals surface area contributed by atoms with E-state index in [0.29, 0.717) is 30.5 Å². The van der Waals surface area contributed by atoms with Gasteiger partial charge in [0.1, 0.15) is 0 Å². The van der Waals surface area contributed by atoms with Crippen molar-refractivity contribution in [1.29, 1.82) is 0 Å². The Labute approximate surface area is 160 Å². The summed E-state index contributed by atoms with van der Waals surface area (Å²) < 4.78 is 5.32. The number of aromatic nitrogens is 2. The summed E-state index contributed by atoms with van der Waals surface area (Å²) >= 11 is 0. The second-order valence-electron chi connectivity index (χ2n) is 6.93. The Balaban J connectivity index is 0.00000243. The van der Waals surface area contributed by atoms with Crippen molar-refractivity contribution in [3.63, 3.8) is 0 Å². The maximum Gasteiger partial charge on any atom is 0.227 e. The van der Waals surface area contributed by atoms with Gasteiger partial charge in [0.2, 0.25) is 17.6 Å². The van der Waals surface area contributed by atoms with E-state index in [2.05, 4.69) is 48.4 Å². The average molecular weight is 379 g/mol. The largest absolute Gasteiger partial charge is 0.339 e. The first kappa shape index (κ1) is 20.4. The molecule has 1 N–H and O–H groups in total. The van der Waals surface area contributed by atoms with Crippen molar-refractivity contribution < 1.29 is 9.32 Å². The summed E-state index contributed by atoms with van der Waals surface area (Å²) in [7, 11) is 0. The average Bonchev–Trinajstić information content (AvgIpc) is 3.09. The molecule has 0 bridgehead atoms. The number of carbonyl (C=O) groups is 1. The zero-order chi connectivity index (χ0) is 17.8. The van der Waals surface area contributed by atoms with Crippen LogP contribution in [0, 0.1) is 0 Å². The van der Waals surface area contributed by atoms with E-state index in [1.54, 1.807) is 0 Å². The highest BCUT2D eigenvalue weighted by Gasteiger charge is 2.23. The minimum Gasteiger partial charge on any atom is -0.339 e. The first-order valence-electron chi connectivity index (χ1n) is 8.97. The minimum absolute atomic E-state index is 0. The molecule has 0 radical (unpaired) electrons. The molecule has 2 aromatic rings. The monoisotopic (exact) mass is 378 g/mol. The van der Waals surface area contributed by atoms with E-state index in [1.807, 2.05) is 17.0 Å². The van der Waals surface area contributed by atoms with Gasteiger partial charge >= 0.3 is 0 Å². The summed E-state index contributed by atoms with van der Waals surface area (Å²) in [5.41, 5.74) is 2.21. The molecule has 1 aliphatic heterocycles. The molecule has 0 saturated carbocycles. The smallest absolute Gasteiger partial charge is 0.227 e. The Morgan fingerprint density at radius 1 is 1.35 bits per heavy atom. The molecule has 26 heavy (non-hydrogen) atoms. The molecule has 1 aliphatic rings. The fraction of sp³-hybridized carbons (Fsp3) is 0.526. The van der Waals surface area contributed by atoms with E-state index in [1.165, 1.54) is 5.56 Å². The lowest BCUT2D eigenvalue weighted by Crippen LogP contribution is -2.52. The Bertz CT molecular complexity index is 715. The Morgan fingerprint density at radius 2 is 2.08 bits per heavy atom. The van der Waals surface area contributed by atoms with Crippen LogP contribution in [0.25, 0.3) is 11.4 Å². The number of nitrogens with zero attached hydrogens (tertiary/aromatic N) is 3. The van der Waals surface area contributed by atoms with Crippen molar-refractivity contribution in [2.45, 2.75) is 45.6 Å². The molecule has 1 saturated heterocycles. The second kappa shape index (κ2) is 9.14. The SMILES string of the molecule is CC(C)c1ccc(-c2noc(CCC(=O)N3CCNC[C@H]3C)n2)cc1.Cl. The lowest BCUT2D eigenvalue weighted by Gasteiger charge is -2.34. The van der Waals surface area contributed by atoms with Crippen LogP contribution in [-0.4, -0.2) is 46.6 Å². The van der Waals surface area contributed by atoms with Crippen molar-refractivity contribution in [2.24, 2.45) is 0 Å². The number of hydrogen-bond acceptors (Lipinski definition) is 5. The number of amides is 1. The zero-order valence-electron chi connectivity index (χ0n) is 15.6. The van der Waals surface area contributed by atoms with Gasteiger partial charge in [-0.1, -0.05) is 43.3 Å². The molecule has 142 valence electrons. The minimum atomic E-state index is 0. The molecule has 0 unspecified atom stereocenters. The van der Waals surface area contributed by atoms with E-state index < -0.39 is 0 Å². The molecule has 1 aromatic heterocycles. The highest BCUT2D eigenvalue weighted by Crippen LogP contribution is 2.21. The molecule has 2 heterocycles. The number of piperazine rings is 1. The van der Waals surface area contributed by atoms with Crippen LogP contribution in [0.15, 0.2) is 28.8 Å². The standard InChI is InChI=1S/C19H26N4O2.ClH/c1-13(2)15-4-6-16(7-5-15)19-21-17(25-22-19)8-9-18(24)23-11-10-20-12-14(23)3;/h4-7,13-14,20H,8-12H2,1-3H3;1H/t14-;/m1./s1. The summed E-state index contributed by atoms with van der Waals surface area (Å²) in [6.45, 7) is 8.86. The fourth-order valence-electron chi connectivity index (χ4n) is 3.06. The Kier molecular flexibility index (Phi) is 7.17. The lowest BCUT2D eigenvalue weighted by atomic mass is 10.0. The van der Waals surface area contributed by atoms with E-state index >= 15 is 0 Å². The van der Waals surface area contributed by atoms with Gasteiger partial charge in [-0.3, -0.25) is 4.79 Å². The van der Waals surface area contributed by atoms with Crippen LogP contribution in [0.3, 0.4) is 0 Å². The van der Waals surface area contributed by atoms with Crippen molar-refractivity contribution >= 4 is 18.3 Å². The molecule has 7 heteroatoms. The number of halogens is 1. The van der Waals surface area contributed by atoms with Gasteiger partial charge in [0.25, 0.3) is 0 Å². The van der Waals surface area contributed by atoms with Gasteiger partial charge in [0.05, 0.1) is 0 Å². The number of rotatable bonds is 5. The van der Waals surface area contributed by atoms with Crippen molar-refractivity contribution in [3.05, 3.63) is 35.7 Å². The summed E-state index contributed by atoms with van der Waals surface area (Å²) in [5, 5.41) is 7.34. The summed E-state index contributed by atoms with van der Waals surface area (Å²) in [6, 6.07) is 8.44. The first-order chi connectivity index (χ1) is 12.0. The van der Waals surface area contributed by atoms with E-state index in [-0.39, 0.29) is 24.4 Å². The van der Waals surface area contributed by atoms with Gasteiger partial charge in [0.15, 0.2) is 0 Å². The van der Waals surface area contributed by atoms with E-state index in [9.17, 15) is 4.79 Å². The quantitative estimate of drug-likeness (QED) is 0.865. The lowest BCUT2D eigenvalue weighted by molar-refractivity contribution is -0.134. The number of aryl methyl sites for hydroxylation is 1. The molecule has 1 amide bonds. The van der Waals surface area contributed by atoms with Crippen LogP contribution >= 0.6 is 12.4 Å².